The highest BCUT2D eigenvalue weighted by Gasteiger charge is 2.35. The van der Waals surface area contributed by atoms with Crippen molar-refractivity contribution in [3.63, 3.8) is 0 Å². The summed E-state index contributed by atoms with van der Waals surface area (Å²) in [5, 5.41) is 12.2. The average molecular weight is 284 g/mol. The van der Waals surface area contributed by atoms with Crippen LogP contribution in [-0.4, -0.2) is 41.8 Å². The molecule has 0 radical (unpaired) electrons. The molecule has 6 nitrogen and oxygen atoms in total. The number of carboxylic acid groups (broad SMARTS) is 1. The van der Waals surface area contributed by atoms with Gasteiger partial charge in [0, 0.05) is 12.6 Å². The topological polar surface area (TPSA) is 102 Å². The minimum absolute atomic E-state index is 0.0462. The Hall–Kier alpha value is -1.14. The molecule has 0 bridgehead atoms. The summed E-state index contributed by atoms with van der Waals surface area (Å²) in [6, 6.07) is -0.275. The van der Waals surface area contributed by atoms with Gasteiger partial charge in [-0.25, -0.2) is 0 Å². The molecule has 4 N–H and O–H groups in total. The second kappa shape index (κ2) is 7.04. The Labute approximate surface area is 119 Å². The number of hydrogen-bond donors (Lipinski definition) is 3. The molecular weight excluding hydrogens is 260 g/mol. The molecule has 4 unspecified atom stereocenters. The predicted octanol–water partition coefficient (Wildman–Crippen LogP) is 0.642. The normalized spacial score (nSPS) is 34.5. The molecule has 1 heterocycles. The van der Waals surface area contributed by atoms with Crippen molar-refractivity contribution >= 4 is 11.9 Å². The molecule has 1 aliphatic carbocycles. The van der Waals surface area contributed by atoms with Crippen LogP contribution in [0.4, 0.5) is 0 Å². The smallest absolute Gasteiger partial charge is 0.308 e. The number of carbonyl (C=O) groups excluding carboxylic acids is 1. The van der Waals surface area contributed by atoms with Crippen molar-refractivity contribution in [1.82, 2.24) is 5.32 Å². The van der Waals surface area contributed by atoms with E-state index in [1.54, 1.807) is 0 Å². The van der Waals surface area contributed by atoms with E-state index in [0.717, 1.165) is 32.1 Å². The maximum atomic E-state index is 12.2. The number of hydrogen-bond acceptors (Lipinski definition) is 4. The van der Waals surface area contributed by atoms with Crippen LogP contribution in [-0.2, 0) is 14.3 Å². The largest absolute Gasteiger partial charge is 0.481 e. The maximum absolute atomic E-state index is 12.2. The van der Waals surface area contributed by atoms with Crippen molar-refractivity contribution in [1.29, 1.82) is 0 Å². The van der Waals surface area contributed by atoms with Gasteiger partial charge in [-0.05, 0) is 25.7 Å². The summed E-state index contributed by atoms with van der Waals surface area (Å²) in [6.07, 6.45) is 5.22. The fourth-order valence-corrected chi connectivity index (χ4v) is 3.12. The van der Waals surface area contributed by atoms with Crippen LogP contribution in [0.3, 0.4) is 0 Å². The van der Waals surface area contributed by atoms with Gasteiger partial charge in [0.15, 0.2) is 0 Å². The van der Waals surface area contributed by atoms with E-state index >= 15 is 0 Å². The second-order valence-corrected chi connectivity index (χ2v) is 5.76. The van der Waals surface area contributed by atoms with E-state index < -0.39 is 18.0 Å². The zero-order chi connectivity index (χ0) is 14.5. The minimum atomic E-state index is -0.815. The molecular formula is C14H24N2O4. The Morgan fingerprint density at radius 2 is 1.90 bits per heavy atom. The minimum Gasteiger partial charge on any atom is -0.481 e. The molecule has 1 amide bonds. The van der Waals surface area contributed by atoms with Gasteiger partial charge in [-0.2, -0.15) is 0 Å². The quantitative estimate of drug-likeness (QED) is 0.658. The lowest BCUT2D eigenvalue weighted by Crippen LogP contribution is -2.46. The van der Waals surface area contributed by atoms with Gasteiger partial charge in [-0.15, -0.1) is 0 Å². The van der Waals surface area contributed by atoms with Crippen LogP contribution >= 0.6 is 0 Å². The lowest BCUT2D eigenvalue weighted by molar-refractivity contribution is -0.144. The fourth-order valence-electron chi connectivity index (χ4n) is 3.12. The highest BCUT2D eigenvalue weighted by molar-refractivity contribution is 5.82. The third kappa shape index (κ3) is 3.70. The Morgan fingerprint density at radius 1 is 1.15 bits per heavy atom. The van der Waals surface area contributed by atoms with Gasteiger partial charge in [-0.3, -0.25) is 9.59 Å². The third-order valence-electron chi connectivity index (χ3n) is 4.32. The van der Waals surface area contributed by atoms with E-state index in [1.807, 2.05) is 0 Å². The predicted molar refractivity (Wildman–Crippen MR) is 73.1 cm³/mol. The third-order valence-corrected chi connectivity index (χ3v) is 4.32. The fraction of sp³-hybridized carbons (Fsp3) is 0.857. The van der Waals surface area contributed by atoms with Gasteiger partial charge in [-0.1, -0.05) is 19.3 Å². The number of nitrogens with two attached hydrogens (primary N) is 1. The first kappa shape index (κ1) is 15.3. The summed E-state index contributed by atoms with van der Waals surface area (Å²) >= 11 is 0. The number of aliphatic carboxylic acids is 1. The maximum Gasteiger partial charge on any atom is 0.308 e. The van der Waals surface area contributed by atoms with E-state index in [9.17, 15) is 14.7 Å². The number of carbonyl (C=O) groups is 2. The van der Waals surface area contributed by atoms with Crippen molar-refractivity contribution in [2.24, 2.45) is 11.7 Å². The second-order valence-electron chi connectivity index (χ2n) is 5.76. The molecule has 2 aliphatic rings. The van der Waals surface area contributed by atoms with Crippen LogP contribution in [0, 0.1) is 5.92 Å². The van der Waals surface area contributed by atoms with Crippen LogP contribution in [0.25, 0.3) is 0 Å². The van der Waals surface area contributed by atoms with Gasteiger partial charge < -0.3 is 20.9 Å². The molecule has 0 aromatic rings. The van der Waals surface area contributed by atoms with Gasteiger partial charge in [0.05, 0.1) is 12.0 Å². The molecule has 1 saturated carbocycles. The molecule has 114 valence electrons. The van der Waals surface area contributed by atoms with Crippen LogP contribution in [0.1, 0.15) is 44.9 Å². The SMILES string of the molecule is NCC1CCC(C(=O)NC2CCCCCC2C(=O)O)O1. The van der Waals surface area contributed by atoms with Gasteiger partial charge in [0.2, 0.25) is 5.91 Å². The highest BCUT2D eigenvalue weighted by atomic mass is 16.5. The van der Waals surface area contributed by atoms with Gasteiger partial charge in [0.25, 0.3) is 0 Å². The Bertz CT molecular complexity index is 361. The summed E-state index contributed by atoms with van der Waals surface area (Å²) < 4.78 is 5.56. The van der Waals surface area contributed by atoms with E-state index in [2.05, 4.69) is 5.32 Å². The summed E-state index contributed by atoms with van der Waals surface area (Å²) in [5.41, 5.74) is 5.53. The van der Waals surface area contributed by atoms with E-state index in [4.69, 9.17) is 10.5 Å². The van der Waals surface area contributed by atoms with E-state index in [-0.39, 0.29) is 18.1 Å². The summed E-state index contributed by atoms with van der Waals surface area (Å²) in [7, 11) is 0. The first-order chi connectivity index (χ1) is 9.61. The number of nitrogens with one attached hydrogen (secondary N) is 1. The lowest BCUT2D eigenvalue weighted by Gasteiger charge is -2.24. The highest BCUT2D eigenvalue weighted by Crippen LogP contribution is 2.25. The molecule has 6 heteroatoms. The van der Waals surface area contributed by atoms with Crippen molar-refractivity contribution < 1.29 is 19.4 Å². The first-order valence-corrected chi connectivity index (χ1v) is 7.50. The molecule has 0 spiro atoms. The molecule has 1 saturated heterocycles. The molecule has 4 atom stereocenters. The monoisotopic (exact) mass is 284 g/mol. The van der Waals surface area contributed by atoms with Crippen molar-refractivity contribution in [2.75, 3.05) is 6.54 Å². The molecule has 2 fully saturated rings. The van der Waals surface area contributed by atoms with Gasteiger partial charge >= 0.3 is 5.97 Å². The molecule has 1 aliphatic heterocycles. The zero-order valence-corrected chi connectivity index (χ0v) is 11.7. The van der Waals surface area contributed by atoms with Crippen molar-refractivity contribution in [3.8, 4) is 0 Å². The molecule has 20 heavy (non-hydrogen) atoms. The van der Waals surface area contributed by atoms with Crippen molar-refractivity contribution in [3.05, 3.63) is 0 Å². The van der Waals surface area contributed by atoms with Crippen LogP contribution in [0.5, 0.6) is 0 Å². The Morgan fingerprint density at radius 3 is 2.55 bits per heavy atom. The molecule has 0 aromatic heterocycles. The Balaban J connectivity index is 1.92. The zero-order valence-electron chi connectivity index (χ0n) is 11.7. The number of amides is 1. The lowest BCUT2D eigenvalue weighted by atomic mass is 9.94. The standard InChI is InChI=1S/C14H24N2O4/c15-8-9-6-7-12(20-9)13(17)16-11-5-3-1-2-4-10(11)14(18)19/h9-12H,1-8,15H2,(H,16,17)(H,18,19). The molecule has 2 rings (SSSR count). The number of carboxylic acids is 1. The van der Waals surface area contributed by atoms with E-state index in [1.165, 1.54) is 0 Å². The van der Waals surface area contributed by atoms with Crippen molar-refractivity contribution in [2.45, 2.75) is 63.2 Å². The average Bonchev–Trinajstić information content (AvgIpc) is 2.79. The summed E-state index contributed by atoms with van der Waals surface area (Å²) in [4.78, 5) is 23.5. The van der Waals surface area contributed by atoms with Gasteiger partial charge in [0.1, 0.15) is 6.10 Å². The summed E-state index contributed by atoms with van der Waals surface area (Å²) in [6.45, 7) is 0.422. The van der Waals surface area contributed by atoms with Crippen LogP contribution in [0.15, 0.2) is 0 Å². The Kier molecular flexibility index (Phi) is 5.37. The van der Waals surface area contributed by atoms with Crippen LogP contribution < -0.4 is 11.1 Å². The van der Waals surface area contributed by atoms with E-state index in [0.29, 0.717) is 19.4 Å². The summed E-state index contributed by atoms with van der Waals surface area (Å²) in [5.74, 6) is -1.48. The number of ether oxygens (including phenoxy) is 1. The number of rotatable bonds is 4. The molecule has 0 aromatic carbocycles. The van der Waals surface area contributed by atoms with Crippen LogP contribution in [0.2, 0.25) is 0 Å². The first-order valence-electron chi connectivity index (χ1n) is 7.50.